The van der Waals surface area contributed by atoms with E-state index in [0.717, 1.165) is 18.5 Å². The van der Waals surface area contributed by atoms with E-state index in [1.165, 1.54) is 32.4 Å². The third-order valence-electron chi connectivity index (χ3n) is 3.44. The number of hydrogen-bond donors (Lipinski definition) is 1. The fourth-order valence-corrected chi connectivity index (χ4v) is 2.66. The molecular weight excluding hydrogens is 172 g/mol. The predicted molar refractivity (Wildman–Crippen MR) is 62.3 cm³/mol. The van der Waals surface area contributed by atoms with E-state index in [0.29, 0.717) is 5.92 Å². The molecule has 0 aromatic rings. The van der Waals surface area contributed by atoms with Gasteiger partial charge in [0.2, 0.25) is 0 Å². The molecule has 0 aliphatic carbocycles. The van der Waals surface area contributed by atoms with E-state index in [9.17, 15) is 0 Å². The van der Waals surface area contributed by atoms with Crippen molar-refractivity contribution in [1.29, 1.82) is 0 Å². The molecule has 0 aromatic carbocycles. The molecule has 1 heterocycles. The molecule has 0 bridgehead atoms. The number of nitrogens with zero attached hydrogens (tertiary/aromatic N) is 1. The van der Waals surface area contributed by atoms with Gasteiger partial charge in [0.05, 0.1) is 0 Å². The topological polar surface area (TPSA) is 29.3 Å². The lowest BCUT2D eigenvalue weighted by Crippen LogP contribution is -2.35. The van der Waals surface area contributed by atoms with E-state index in [1.54, 1.807) is 0 Å². The van der Waals surface area contributed by atoms with Crippen molar-refractivity contribution in [3.8, 4) is 0 Å². The monoisotopic (exact) mass is 198 g/mol. The first-order valence-corrected chi connectivity index (χ1v) is 6.11. The van der Waals surface area contributed by atoms with E-state index in [2.05, 4.69) is 25.7 Å². The Hall–Kier alpha value is -0.0800. The first-order valence-electron chi connectivity index (χ1n) is 6.11. The summed E-state index contributed by atoms with van der Waals surface area (Å²) in [6, 6.07) is 0.774. The van der Waals surface area contributed by atoms with Crippen LogP contribution in [0.2, 0.25) is 0 Å². The van der Waals surface area contributed by atoms with E-state index < -0.39 is 0 Å². The van der Waals surface area contributed by atoms with E-state index in [1.807, 2.05) is 0 Å². The molecule has 3 unspecified atom stereocenters. The fourth-order valence-electron chi connectivity index (χ4n) is 2.66. The summed E-state index contributed by atoms with van der Waals surface area (Å²) >= 11 is 0. The minimum Gasteiger partial charge on any atom is -0.330 e. The van der Waals surface area contributed by atoms with Crippen molar-refractivity contribution in [2.24, 2.45) is 17.6 Å². The standard InChI is InChI=1S/C12H26N2/c1-4-5-12(7-13)9-14-8-10(2)6-11(14)3/h10-12H,4-9,13H2,1-3H3. The van der Waals surface area contributed by atoms with Crippen molar-refractivity contribution >= 4 is 0 Å². The van der Waals surface area contributed by atoms with E-state index in [-0.39, 0.29) is 0 Å². The molecule has 0 aromatic heterocycles. The molecule has 2 heteroatoms. The van der Waals surface area contributed by atoms with Gasteiger partial charge in [0.1, 0.15) is 0 Å². The summed E-state index contributed by atoms with van der Waals surface area (Å²) < 4.78 is 0. The average Bonchev–Trinajstić information content (AvgIpc) is 2.44. The molecule has 0 spiro atoms. The zero-order valence-electron chi connectivity index (χ0n) is 10.00. The molecule has 1 aliphatic heterocycles. The molecule has 0 radical (unpaired) electrons. The van der Waals surface area contributed by atoms with Crippen LogP contribution in [-0.2, 0) is 0 Å². The average molecular weight is 198 g/mol. The summed E-state index contributed by atoms with van der Waals surface area (Å²) in [4.78, 5) is 2.62. The molecular formula is C12H26N2. The summed E-state index contributed by atoms with van der Waals surface area (Å²) in [5.41, 5.74) is 5.79. The first kappa shape index (κ1) is 12.0. The molecule has 3 atom stereocenters. The second-order valence-corrected chi connectivity index (χ2v) is 5.03. The molecule has 1 saturated heterocycles. The maximum Gasteiger partial charge on any atom is 0.00701 e. The molecule has 0 amide bonds. The fraction of sp³-hybridized carbons (Fsp3) is 1.00. The zero-order chi connectivity index (χ0) is 10.6. The number of hydrogen-bond acceptors (Lipinski definition) is 2. The van der Waals surface area contributed by atoms with Crippen LogP contribution in [0.1, 0.15) is 40.0 Å². The van der Waals surface area contributed by atoms with Gasteiger partial charge < -0.3 is 10.6 Å². The van der Waals surface area contributed by atoms with Crippen LogP contribution < -0.4 is 5.73 Å². The van der Waals surface area contributed by atoms with Gasteiger partial charge in [-0.2, -0.15) is 0 Å². The molecule has 2 nitrogen and oxygen atoms in total. The summed E-state index contributed by atoms with van der Waals surface area (Å²) in [6.07, 6.45) is 3.91. The summed E-state index contributed by atoms with van der Waals surface area (Å²) in [7, 11) is 0. The van der Waals surface area contributed by atoms with Crippen LogP contribution in [0.4, 0.5) is 0 Å². The van der Waals surface area contributed by atoms with Gasteiger partial charge in [-0.1, -0.05) is 20.3 Å². The molecule has 2 N–H and O–H groups in total. The SMILES string of the molecule is CCCC(CN)CN1CC(C)CC1C. The Morgan fingerprint density at radius 1 is 1.43 bits per heavy atom. The Kier molecular flexibility index (Phi) is 4.90. The van der Waals surface area contributed by atoms with E-state index in [4.69, 9.17) is 5.73 Å². The Balaban J connectivity index is 2.34. The normalized spacial score (nSPS) is 30.9. The van der Waals surface area contributed by atoms with Gasteiger partial charge in [0, 0.05) is 19.1 Å². The Labute approximate surface area is 88.8 Å². The van der Waals surface area contributed by atoms with Crippen LogP contribution >= 0.6 is 0 Å². The van der Waals surface area contributed by atoms with Crippen molar-refractivity contribution in [2.75, 3.05) is 19.6 Å². The molecule has 84 valence electrons. The van der Waals surface area contributed by atoms with Crippen molar-refractivity contribution < 1.29 is 0 Å². The van der Waals surface area contributed by atoms with Crippen molar-refractivity contribution in [2.45, 2.75) is 46.1 Å². The lowest BCUT2D eigenvalue weighted by molar-refractivity contribution is 0.218. The van der Waals surface area contributed by atoms with Gasteiger partial charge >= 0.3 is 0 Å². The quantitative estimate of drug-likeness (QED) is 0.733. The van der Waals surface area contributed by atoms with Crippen molar-refractivity contribution in [3.63, 3.8) is 0 Å². The van der Waals surface area contributed by atoms with E-state index >= 15 is 0 Å². The number of nitrogens with two attached hydrogens (primary N) is 1. The van der Waals surface area contributed by atoms with Crippen LogP contribution in [0.5, 0.6) is 0 Å². The van der Waals surface area contributed by atoms with Crippen LogP contribution in [0, 0.1) is 11.8 Å². The maximum atomic E-state index is 5.79. The maximum absolute atomic E-state index is 5.79. The molecule has 14 heavy (non-hydrogen) atoms. The Morgan fingerprint density at radius 3 is 2.57 bits per heavy atom. The number of likely N-dealkylation sites (tertiary alicyclic amines) is 1. The van der Waals surface area contributed by atoms with Crippen molar-refractivity contribution in [1.82, 2.24) is 4.90 Å². The van der Waals surface area contributed by atoms with Gasteiger partial charge in [-0.25, -0.2) is 0 Å². The lowest BCUT2D eigenvalue weighted by atomic mass is 10.0. The van der Waals surface area contributed by atoms with Crippen LogP contribution in [0.25, 0.3) is 0 Å². The summed E-state index contributed by atoms with van der Waals surface area (Å²) in [6.45, 7) is 10.3. The largest absolute Gasteiger partial charge is 0.330 e. The highest BCUT2D eigenvalue weighted by molar-refractivity contribution is 4.81. The molecule has 1 aliphatic rings. The van der Waals surface area contributed by atoms with Gasteiger partial charge in [-0.3, -0.25) is 0 Å². The van der Waals surface area contributed by atoms with Crippen LogP contribution in [-0.4, -0.2) is 30.6 Å². The van der Waals surface area contributed by atoms with Crippen LogP contribution in [0.15, 0.2) is 0 Å². The summed E-state index contributed by atoms with van der Waals surface area (Å²) in [5, 5.41) is 0. The van der Waals surface area contributed by atoms with Gasteiger partial charge in [-0.05, 0) is 38.1 Å². The minimum absolute atomic E-state index is 0.716. The predicted octanol–water partition coefficient (Wildman–Crippen LogP) is 2.09. The smallest absolute Gasteiger partial charge is 0.00701 e. The van der Waals surface area contributed by atoms with Crippen molar-refractivity contribution in [3.05, 3.63) is 0 Å². The third-order valence-corrected chi connectivity index (χ3v) is 3.44. The highest BCUT2D eigenvalue weighted by Crippen LogP contribution is 2.23. The van der Waals surface area contributed by atoms with Gasteiger partial charge in [-0.15, -0.1) is 0 Å². The van der Waals surface area contributed by atoms with Gasteiger partial charge in [0.15, 0.2) is 0 Å². The van der Waals surface area contributed by atoms with Crippen LogP contribution in [0.3, 0.4) is 0 Å². The Bertz CT molecular complexity index is 158. The first-order chi connectivity index (χ1) is 6.67. The summed E-state index contributed by atoms with van der Waals surface area (Å²) in [5.74, 6) is 1.60. The Morgan fingerprint density at radius 2 is 2.14 bits per heavy atom. The second kappa shape index (κ2) is 5.72. The zero-order valence-corrected chi connectivity index (χ0v) is 10.00. The lowest BCUT2D eigenvalue weighted by Gasteiger charge is -2.26. The number of rotatable bonds is 5. The highest BCUT2D eigenvalue weighted by Gasteiger charge is 2.27. The minimum atomic E-state index is 0.716. The molecule has 0 saturated carbocycles. The molecule has 1 fully saturated rings. The van der Waals surface area contributed by atoms with Gasteiger partial charge in [0.25, 0.3) is 0 Å². The highest BCUT2D eigenvalue weighted by atomic mass is 15.2. The second-order valence-electron chi connectivity index (χ2n) is 5.03. The molecule has 1 rings (SSSR count). The third kappa shape index (κ3) is 3.25.